The van der Waals surface area contributed by atoms with Crippen molar-refractivity contribution in [3.63, 3.8) is 0 Å². The van der Waals surface area contributed by atoms with Gasteiger partial charge in [-0.2, -0.15) is 5.10 Å². The Morgan fingerprint density at radius 2 is 1.76 bits per heavy atom. The quantitative estimate of drug-likeness (QED) is 0.570. The zero-order valence-electron chi connectivity index (χ0n) is 16.3. The Hall–Kier alpha value is -3.74. The Morgan fingerprint density at radius 1 is 1.03 bits per heavy atom. The summed E-state index contributed by atoms with van der Waals surface area (Å²) in [4.78, 5) is 29.9. The van der Waals surface area contributed by atoms with Crippen LogP contribution in [0.2, 0.25) is 0 Å². The van der Waals surface area contributed by atoms with Crippen LogP contribution in [0.25, 0.3) is 16.7 Å². The van der Waals surface area contributed by atoms with E-state index in [9.17, 15) is 9.59 Å². The summed E-state index contributed by atoms with van der Waals surface area (Å²) in [7, 11) is 0. The van der Waals surface area contributed by atoms with Gasteiger partial charge >= 0.3 is 0 Å². The highest BCUT2D eigenvalue weighted by Gasteiger charge is 2.15. The van der Waals surface area contributed by atoms with Gasteiger partial charge in [0, 0.05) is 18.7 Å². The third-order valence-electron chi connectivity index (χ3n) is 4.86. The molecular weight excluding hydrogens is 366 g/mol. The van der Waals surface area contributed by atoms with Crippen LogP contribution >= 0.6 is 0 Å². The maximum Gasteiger partial charge on any atom is 0.264 e. The minimum atomic E-state index is -0.196. The van der Waals surface area contributed by atoms with Crippen LogP contribution in [0.15, 0.2) is 65.6 Å². The Balaban J connectivity index is 1.58. The summed E-state index contributed by atoms with van der Waals surface area (Å²) in [5, 5.41) is 7.65. The first-order valence-electron chi connectivity index (χ1n) is 9.40. The molecule has 1 N–H and O–H groups in total. The third-order valence-corrected chi connectivity index (χ3v) is 4.86. The van der Waals surface area contributed by atoms with Crippen molar-refractivity contribution in [3.8, 4) is 5.69 Å². The zero-order valence-corrected chi connectivity index (χ0v) is 16.3. The summed E-state index contributed by atoms with van der Waals surface area (Å²) in [6, 6.07) is 17.1. The van der Waals surface area contributed by atoms with E-state index in [1.54, 1.807) is 11.6 Å². The van der Waals surface area contributed by atoms with Crippen molar-refractivity contribution in [3.05, 3.63) is 82.5 Å². The molecular formula is C22H21N5O2. The van der Waals surface area contributed by atoms with Gasteiger partial charge in [0.1, 0.15) is 11.2 Å². The minimum absolute atomic E-state index is 0.148. The van der Waals surface area contributed by atoms with Gasteiger partial charge in [-0.25, -0.2) is 9.67 Å². The van der Waals surface area contributed by atoms with Crippen molar-refractivity contribution in [2.24, 2.45) is 0 Å². The highest BCUT2D eigenvalue weighted by molar-refractivity contribution is 5.91. The number of nitrogens with one attached hydrogen (secondary N) is 1. The van der Waals surface area contributed by atoms with Gasteiger partial charge in [-0.1, -0.05) is 36.4 Å². The number of hydrogen-bond acceptors (Lipinski definition) is 4. The summed E-state index contributed by atoms with van der Waals surface area (Å²) in [5.74, 6) is 0.398. The van der Waals surface area contributed by atoms with Crippen molar-refractivity contribution in [1.82, 2.24) is 19.3 Å². The van der Waals surface area contributed by atoms with Crippen LogP contribution in [0.5, 0.6) is 0 Å². The molecule has 7 heteroatoms. The van der Waals surface area contributed by atoms with Crippen LogP contribution in [0.4, 0.5) is 5.69 Å². The van der Waals surface area contributed by atoms with Gasteiger partial charge in [-0.15, -0.1) is 0 Å². The number of carbonyl (C=O) groups excluding carboxylic acids is 1. The molecule has 0 spiro atoms. The normalized spacial score (nSPS) is 11.0. The number of rotatable bonds is 5. The average Bonchev–Trinajstić information content (AvgIpc) is 3.14. The minimum Gasteiger partial charge on any atom is -0.326 e. The molecule has 1 amide bonds. The fourth-order valence-electron chi connectivity index (χ4n) is 3.27. The second-order valence-electron chi connectivity index (χ2n) is 6.86. The molecule has 0 unspecified atom stereocenters. The van der Waals surface area contributed by atoms with E-state index in [2.05, 4.69) is 15.4 Å². The van der Waals surface area contributed by atoms with Crippen molar-refractivity contribution in [2.75, 3.05) is 5.32 Å². The molecule has 146 valence electrons. The number of aromatic nitrogens is 4. The molecule has 0 saturated heterocycles. The first kappa shape index (κ1) is 18.6. The number of anilines is 1. The molecule has 4 rings (SSSR count). The summed E-state index contributed by atoms with van der Waals surface area (Å²) in [6.07, 6.45) is 1.70. The number of carbonyl (C=O) groups is 1. The lowest BCUT2D eigenvalue weighted by Crippen LogP contribution is -2.26. The van der Waals surface area contributed by atoms with Crippen LogP contribution in [0.1, 0.15) is 17.8 Å². The van der Waals surface area contributed by atoms with E-state index in [0.29, 0.717) is 16.9 Å². The van der Waals surface area contributed by atoms with E-state index >= 15 is 0 Å². The lowest BCUT2D eigenvalue weighted by Gasteiger charge is -2.11. The molecule has 2 heterocycles. The molecule has 0 saturated carbocycles. The van der Waals surface area contributed by atoms with Crippen LogP contribution < -0.4 is 10.9 Å². The Morgan fingerprint density at radius 3 is 2.52 bits per heavy atom. The first-order valence-corrected chi connectivity index (χ1v) is 9.40. The van der Waals surface area contributed by atoms with E-state index in [4.69, 9.17) is 0 Å². The smallest absolute Gasteiger partial charge is 0.264 e. The predicted molar refractivity (Wildman–Crippen MR) is 112 cm³/mol. The molecule has 2 aromatic heterocycles. The maximum atomic E-state index is 13.0. The lowest BCUT2D eigenvalue weighted by atomic mass is 10.2. The molecule has 0 aliphatic carbocycles. The van der Waals surface area contributed by atoms with E-state index in [1.807, 2.05) is 61.5 Å². The second kappa shape index (κ2) is 7.71. The SMILES string of the molecule is Cc1ccccc1NC(=O)CCn1c(C)nc2c(cnn2-c2ccccc2)c1=O. The largest absolute Gasteiger partial charge is 0.326 e. The van der Waals surface area contributed by atoms with Crippen LogP contribution in [-0.4, -0.2) is 25.2 Å². The second-order valence-corrected chi connectivity index (χ2v) is 6.86. The zero-order chi connectivity index (χ0) is 20.4. The average molecular weight is 387 g/mol. The molecule has 2 aromatic carbocycles. The van der Waals surface area contributed by atoms with Gasteiger partial charge in [-0.3, -0.25) is 14.2 Å². The number of amides is 1. The van der Waals surface area contributed by atoms with E-state index in [-0.39, 0.29) is 24.4 Å². The number of aryl methyl sites for hydroxylation is 2. The summed E-state index contributed by atoms with van der Waals surface area (Å²) >= 11 is 0. The van der Waals surface area contributed by atoms with Gasteiger partial charge in [-0.05, 0) is 37.6 Å². The van der Waals surface area contributed by atoms with E-state index in [1.165, 1.54) is 10.8 Å². The highest BCUT2D eigenvalue weighted by atomic mass is 16.2. The summed E-state index contributed by atoms with van der Waals surface area (Å²) < 4.78 is 3.18. The van der Waals surface area contributed by atoms with Gasteiger partial charge in [0.15, 0.2) is 5.65 Å². The van der Waals surface area contributed by atoms with E-state index in [0.717, 1.165) is 16.9 Å². The first-order chi connectivity index (χ1) is 14.0. The van der Waals surface area contributed by atoms with Crippen molar-refractivity contribution < 1.29 is 4.79 Å². The fourth-order valence-corrected chi connectivity index (χ4v) is 3.27. The Labute approximate surface area is 167 Å². The highest BCUT2D eigenvalue weighted by Crippen LogP contribution is 2.15. The Kier molecular flexibility index (Phi) is 4.95. The van der Waals surface area contributed by atoms with E-state index < -0.39 is 0 Å². The molecule has 0 bridgehead atoms. The van der Waals surface area contributed by atoms with Gasteiger partial charge < -0.3 is 5.32 Å². The van der Waals surface area contributed by atoms with Crippen LogP contribution in [0.3, 0.4) is 0 Å². The molecule has 29 heavy (non-hydrogen) atoms. The third kappa shape index (κ3) is 3.67. The van der Waals surface area contributed by atoms with Crippen molar-refractivity contribution >= 4 is 22.6 Å². The fraction of sp³-hybridized carbons (Fsp3) is 0.182. The molecule has 0 aliphatic heterocycles. The summed E-state index contributed by atoms with van der Waals surface area (Å²) in [6.45, 7) is 3.96. The molecule has 0 aliphatic rings. The van der Waals surface area contributed by atoms with Crippen molar-refractivity contribution in [2.45, 2.75) is 26.8 Å². The lowest BCUT2D eigenvalue weighted by molar-refractivity contribution is -0.116. The number of para-hydroxylation sites is 2. The van der Waals surface area contributed by atoms with Crippen molar-refractivity contribution in [1.29, 1.82) is 0 Å². The molecule has 0 fully saturated rings. The monoisotopic (exact) mass is 387 g/mol. The number of nitrogens with zero attached hydrogens (tertiary/aromatic N) is 4. The molecule has 0 radical (unpaired) electrons. The van der Waals surface area contributed by atoms with Gasteiger partial charge in [0.25, 0.3) is 5.56 Å². The van der Waals surface area contributed by atoms with Crippen LogP contribution in [-0.2, 0) is 11.3 Å². The summed E-state index contributed by atoms with van der Waals surface area (Å²) in [5.41, 5.74) is 2.92. The standard InChI is InChI=1S/C22H21N5O2/c1-15-8-6-7-11-19(15)25-20(28)12-13-26-16(2)24-21-18(22(26)29)14-23-27(21)17-9-4-3-5-10-17/h3-11,14H,12-13H2,1-2H3,(H,25,28). The van der Waals surface area contributed by atoms with Gasteiger partial charge in [0.05, 0.1) is 11.9 Å². The number of fused-ring (bicyclic) bond motifs is 1. The molecule has 4 aromatic rings. The maximum absolute atomic E-state index is 13.0. The molecule has 0 atom stereocenters. The molecule has 7 nitrogen and oxygen atoms in total. The Bertz CT molecular complexity index is 1240. The van der Waals surface area contributed by atoms with Crippen LogP contribution in [0, 0.1) is 13.8 Å². The number of hydrogen-bond donors (Lipinski definition) is 1. The predicted octanol–water partition coefficient (Wildman–Crippen LogP) is 3.23. The number of benzene rings is 2. The topological polar surface area (TPSA) is 81.8 Å². The van der Waals surface area contributed by atoms with Gasteiger partial charge in [0.2, 0.25) is 5.91 Å².